The number of para-hydroxylation sites is 1. The lowest BCUT2D eigenvalue weighted by Gasteiger charge is -2.06. The molecule has 0 aliphatic rings. The fourth-order valence-corrected chi connectivity index (χ4v) is 3.20. The van der Waals surface area contributed by atoms with Gasteiger partial charge in [-0.25, -0.2) is 18.1 Å². The number of nitrogens with zero attached hydrogens (tertiary/aromatic N) is 2. The van der Waals surface area contributed by atoms with E-state index in [9.17, 15) is 22.9 Å². The largest absolute Gasteiger partial charge is 0.324 e. The third kappa shape index (κ3) is 2.98. The van der Waals surface area contributed by atoms with Crippen LogP contribution in [0.15, 0.2) is 34.0 Å². The van der Waals surface area contributed by atoms with Crippen molar-refractivity contribution < 1.29 is 17.7 Å². The minimum absolute atomic E-state index is 0.125. The van der Waals surface area contributed by atoms with Gasteiger partial charge < -0.3 is 0 Å². The molecule has 1 N–H and O–H groups in total. The second kappa shape index (κ2) is 5.61. The summed E-state index contributed by atoms with van der Waals surface area (Å²) in [6.07, 6.45) is 0. The van der Waals surface area contributed by atoms with Crippen LogP contribution in [0.4, 0.5) is 10.1 Å². The molecule has 0 aliphatic carbocycles. The maximum atomic E-state index is 13.4. The third-order valence-electron chi connectivity index (χ3n) is 2.35. The van der Waals surface area contributed by atoms with Crippen LogP contribution in [0.25, 0.3) is 0 Å². The topological polar surface area (TPSA) is 102 Å². The molecule has 0 amide bonds. The summed E-state index contributed by atoms with van der Waals surface area (Å²) in [5, 5.41) is 12.4. The van der Waals surface area contributed by atoms with Gasteiger partial charge in [0, 0.05) is 5.38 Å². The van der Waals surface area contributed by atoms with Gasteiger partial charge in [-0.2, -0.15) is 4.39 Å². The number of rotatable bonds is 5. The maximum absolute atomic E-state index is 13.4. The third-order valence-corrected chi connectivity index (χ3v) is 4.42. The quantitative estimate of drug-likeness (QED) is 0.667. The molecule has 2 rings (SSSR count). The van der Waals surface area contributed by atoms with Gasteiger partial charge in [0.15, 0.2) is 4.90 Å². The molecule has 1 aromatic carbocycles. The van der Waals surface area contributed by atoms with Crippen molar-refractivity contribution >= 4 is 27.0 Å². The van der Waals surface area contributed by atoms with Crippen molar-refractivity contribution in [2.45, 2.75) is 11.4 Å². The second-order valence-corrected chi connectivity index (χ2v) is 6.10. The highest BCUT2D eigenvalue weighted by atomic mass is 32.2. The Morgan fingerprint density at radius 3 is 2.80 bits per heavy atom. The Balaban J connectivity index is 2.34. The van der Waals surface area contributed by atoms with Gasteiger partial charge in [0.1, 0.15) is 0 Å². The number of hydrogen-bond acceptors (Lipinski definition) is 6. The molecule has 0 spiro atoms. The van der Waals surface area contributed by atoms with E-state index in [2.05, 4.69) is 9.71 Å². The van der Waals surface area contributed by atoms with Gasteiger partial charge in [-0.05, 0) is 12.1 Å². The molecule has 106 valence electrons. The number of nitro benzene ring substituents is 1. The second-order valence-electron chi connectivity index (χ2n) is 3.65. The van der Waals surface area contributed by atoms with Crippen LogP contribution in [0.2, 0.25) is 0 Å². The van der Waals surface area contributed by atoms with Crippen molar-refractivity contribution in [3.05, 3.63) is 50.7 Å². The molecule has 7 nitrogen and oxygen atoms in total. The highest BCUT2D eigenvalue weighted by Gasteiger charge is 2.29. The number of aromatic nitrogens is 1. The average Bonchev–Trinajstić information content (AvgIpc) is 2.89. The summed E-state index contributed by atoms with van der Waals surface area (Å²) < 4.78 is 39.5. The van der Waals surface area contributed by atoms with Gasteiger partial charge in [0.25, 0.3) is 0 Å². The van der Waals surface area contributed by atoms with Crippen molar-refractivity contribution in [1.29, 1.82) is 0 Å². The molecule has 1 aromatic heterocycles. The Morgan fingerprint density at radius 2 is 2.20 bits per heavy atom. The van der Waals surface area contributed by atoms with Crippen LogP contribution in [0.1, 0.15) is 5.69 Å². The highest BCUT2D eigenvalue weighted by Crippen LogP contribution is 2.26. The lowest BCUT2D eigenvalue weighted by atomic mass is 10.3. The van der Waals surface area contributed by atoms with Crippen LogP contribution in [-0.4, -0.2) is 18.3 Å². The summed E-state index contributed by atoms with van der Waals surface area (Å²) in [6, 6.07) is 2.90. The molecule has 1 heterocycles. The summed E-state index contributed by atoms with van der Waals surface area (Å²) >= 11 is 1.28. The summed E-state index contributed by atoms with van der Waals surface area (Å²) in [5.74, 6) is -1.20. The summed E-state index contributed by atoms with van der Waals surface area (Å²) in [6.45, 7) is -0.125. The van der Waals surface area contributed by atoms with E-state index in [-0.39, 0.29) is 6.54 Å². The monoisotopic (exact) mass is 317 g/mol. The standard InChI is InChI=1S/C10H8FN3O4S2/c11-8-2-1-3-9(10(8)14(15)16)20(17,18)13-4-7-5-19-6-12-7/h1-3,5-6,13H,4H2. The van der Waals surface area contributed by atoms with Crippen LogP contribution in [0.3, 0.4) is 0 Å². The van der Waals surface area contributed by atoms with Crippen molar-refractivity contribution in [2.75, 3.05) is 0 Å². The highest BCUT2D eigenvalue weighted by molar-refractivity contribution is 7.89. The molecular weight excluding hydrogens is 309 g/mol. The molecule has 0 bridgehead atoms. The fraction of sp³-hybridized carbons (Fsp3) is 0.100. The Hall–Kier alpha value is -1.91. The normalized spacial score (nSPS) is 11.4. The lowest BCUT2D eigenvalue weighted by Crippen LogP contribution is -2.24. The minimum Gasteiger partial charge on any atom is -0.258 e. The van der Waals surface area contributed by atoms with E-state index in [0.29, 0.717) is 5.69 Å². The zero-order chi connectivity index (χ0) is 14.8. The van der Waals surface area contributed by atoms with Gasteiger partial charge in [-0.3, -0.25) is 10.1 Å². The van der Waals surface area contributed by atoms with Crippen LogP contribution >= 0.6 is 11.3 Å². The lowest BCUT2D eigenvalue weighted by molar-refractivity contribution is -0.390. The fourth-order valence-electron chi connectivity index (χ4n) is 1.46. The molecule has 0 saturated carbocycles. The molecule has 0 saturated heterocycles. The predicted octanol–water partition coefficient (Wildman–Crippen LogP) is 1.67. The molecule has 2 aromatic rings. The van der Waals surface area contributed by atoms with Crippen LogP contribution in [0, 0.1) is 15.9 Å². The van der Waals surface area contributed by atoms with E-state index in [1.807, 2.05) is 0 Å². The minimum atomic E-state index is -4.20. The number of benzene rings is 1. The number of hydrogen-bond donors (Lipinski definition) is 1. The van der Waals surface area contributed by atoms with Crippen LogP contribution in [0.5, 0.6) is 0 Å². The Morgan fingerprint density at radius 1 is 1.45 bits per heavy atom. The van der Waals surface area contributed by atoms with Crippen molar-refractivity contribution in [2.24, 2.45) is 0 Å². The molecule has 0 radical (unpaired) electrons. The first-order valence-electron chi connectivity index (χ1n) is 5.21. The Bertz CT molecular complexity index is 731. The van der Waals surface area contributed by atoms with Crippen LogP contribution < -0.4 is 4.72 Å². The van der Waals surface area contributed by atoms with Gasteiger partial charge in [-0.15, -0.1) is 11.3 Å². The average molecular weight is 317 g/mol. The molecular formula is C10H8FN3O4S2. The number of nitro groups is 1. The van der Waals surface area contributed by atoms with Crippen molar-refractivity contribution in [3.63, 3.8) is 0 Å². The first kappa shape index (κ1) is 14.5. The van der Waals surface area contributed by atoms with E-state index < -0.39 is 31.3 Å². The van der Waals surface area contributed by atoms with Crippen LogP contribution in [-0.2, 0) is 16.6 Å². The number of nitrogens with one attached hydrogen (secondary N) is 1. The van der Waals surface area contributed by atoms with Gasteiger partial charge in [-0.1, -0.05) is 6.07 Å². The van der Waals surface area contributed by atoms with E-state index in [0.717, 1.165) is 18.2 Å². The SMILES string of the molecule is O=[N+]([O-])c1c(F)cccc1S(=O)(=O)NCc1cscn1. The predicted molar refractivity (Wildman–Crippen MR) is 69.2 cm³/mol. The zero-order valence-corrected chi connectivity index (χ0v) is 11.4. The zero-order valence-electron chi connectivity index (χ0n) is 9.82. The number of thiazole rings is 1. The van der Waals surface area contributed by atoms with E-state index in [4.69, 9.17) is 0 Å². The van der Waals surface area contributed by atoms with Crippen molar-refractivity contribution in [1.82, 2.24) is 9.71 Å². The molecule has 0 aliphatic heterocycles. The van der Waals surface area contributed by atoms with Gasteiger partial charge >= 0.3 is 5.69 Å². The van der Waals surface area contributed by atoms with E-state index in [1.54, 1.807) is 5.38 Å². The molecule has 0 unspecified atom stereocenters. The molecule has 0 atom stereocenters. The summed E-state index contributed by atoms with van der Waals surface area (Å²) in [5.41, 5.74) is 0.921. The Kier molecular flexibility index (Phi) is 4.06. The molecule has 0 fully saturated rings. The molecule has 10 heteroatoms. The van der Waals surface area contributed by atoms with E-state index in [1.165, 1.54) is 16.8 Å². The van der Waals surface area contributed by atoms with Gasteiger partial charge in [0.05, 0.1) is 22.7 Å². The first-order valence-corrected chi connectivity index (χ1v) is 7.64. The number of halogens is 1. The first-order chi connectivity index (χ1) is 9.42. The van der Waals surface area contributed by atoms with Crippen molar-refractivity contribution in [3.8, 4) is 0 Å². The summed E-state index contributed by atoms with van der Waals surface area (Å²) in [4.78, 5) is 12.9. The van der Waals surface area contributed by atoms with E-state index >= 15 is 0 Å². The maximum Gasteiger partial charge on any atom is 0.324 e. The number of sulfonamides is 1. The summed E-state index contributed by atoms with van der Waals surface area (Å²) in [7, 11) is -4.20. The Labute approximate surface area is 117 Å². The van der Waals surface area contributed by atoms with Gasteiger partial charge in [0.2, 0.25) is 15.8 Å². The molecule has 20 heavy (non-hydrogen) atoms. The smallest absolute Gasteiger partial charge is 0.258 e.